The van der Waals surface area contributed by atoms with Gasteiger partial charge in [0.15, 0.2) is 0 Å². The molecule has 0 saturated heterocycles. The highest BCUT2D eigenvalue weighted by Gasteiger charge is 2.25. The molecule has 0 saturated carbocycles. The molecular formula is C36H64N2. The molecule has 1 heterocycles. The highest BCUT2D eigenvalue weighted by Crippen LogP contribution is 2.25. The summed E-state index contributed by atoms with van der Waals surface area (Å²) < 4.78 is 0. The first-order valence-corrected chi connectivity index (χ1v) is 17.1. The Kier molecular flexibility index (Phi) is 20.2. The molecule has 0 radical (unpaired) electrons. The Balaban J connectivity index is 1.58. The molecule has 1 unspecified atom stereocenters. The van der Waals surface area contributed by atoms with Crippen molar-refractivity contribution in [1.82, 2.24) is 9.80 Å². The molecule has 1 aromatic carbocycles. The fourth-order valence-corrected chi connectivity index (χ4v) is 6.02. The molecule has 0 amide bonds. The van der Waals surface area contributed by atoms with Gasteiger partial charge in [0.2, 0.25) is 0 Å². The summed E-state index contributed by atoms with van der Waals surface area (Å²) in [6.07, 6.45) is 37.9. The van der Waals surface area contributed by atoms with Gasteiger partial charge in [-0.2, -0.15) is 0 Å². The molecule has 38 heavy (non-hydrogen) atoms. The first-order chi connectivity index (χ1) is 18.8. The predicted octanol–water partition coefficient (Wildman–Crippen LogP) is 11.6. The quantitative estimate of drug-likeness (QED) is 0.111. The number of benzene rings is 1. The van der Waals surface area contributed by atoms with E-state index < -0.39 is 0 Å². The molecule has 0 spiro atoms. The van der Waals surface area contributed by atoms with E-state index in [1.807, 2.05) is 0 Å². The molecule has 1 aromatic rings. The zero-order chi connectivity index (χ0) is 26.9. The molecule has 0 N–H and O–H groups in total. The highest BCUT2D eigenvalue weighted by molar-refractivity contribution is 5.16. The van der Waals surface area contributed by atoms with Crippen molar-refractivity contribution >= 4 is 0 Å². The van der Waals surface area contributed by atoms with E-state index in [1.54, 1.807) is 0 Å². The second-order valence-electron chi connectivity index (χ2n) is 12.0. The van der Waals surface area contributed by atoms with E-state index in [0.717, 1.165) is 6.54 Å². The van der Waals surface area contributed by atoms with Crippen LogP contribution in [0, 0.1) is 0 Å². The van der Waals surface area contributed by atoms with Crippen molar-refractivity contribution < 1.29 is 0 Å². The van der Waals surface area contributed by atoms with Crippen LogP contribution in [0.2, 0.25) is 0 Å². The summed E-state index contributed by atoms with van der Waals surface area (Å²) in [4.78, 5) is 5.25. The maximum atomic E-state index is 2.66. The molecule has 0 bridgehead atoms. The normalized spacial score (nSPS) is 15.2. The second kappa shape index (κ2) is 23.4. The van der Waals surface area contributed by atoms with E-state index >= 15 is 0 Å². The number of hydrogen-bond acceptors (Lipinski definition) is 2. The third kappa shape index (κ3) is 15.8. The van der Waals surface area contributed by atoms with Gasteiger partial charge in [-0.25, -0.2) is 0 Å². The van der Waals surface area contributed by atoms with Gasteiger partial charge in [0, 0.05) is 25.5 Å². The summed E-state index contributed by atoms with van der Waals surface area (Å²) in [6.45, 7) is 6.87. The first kappa shape index (κ1) is 32.8. The standard InChI is InChI=1S/C36H64N2/c1-3-5-7-9-11-13-14-15-16-17-18-19-21-26-30-36-37(31-27-22-20-12-10-8-6-4-2)32-33-38(36)34-35-28-24-23-25-29-35/h23-25,28-29,32-33,36H,3-22,26-27,30-31,34H2,1-2H3. The van der Waals surface area contributed by atoms with Crippen LogP contribution in [0.15, 0.2) is 42.7 Å². The topological polar surface area (TPSA) is 6.48 Å². The lowest BCUT2D eigenvalue weighted by Crippen LogP contribution is -2.38. The zero-order valence-corrected chi connectivity index (χ0v) is 25.7. The zero-order valence-electron chi connectivity index (χ0n) is 25.7. The van der Waals surface area contributed by atoms with Crippen LogP contribution in [0.3, 0.4) is 0 Å². The van der Waals surface area contributed by atoms with Crippen LogP contribution in [0.25, 0.3) is 0 Å². The van der Waals surface area contributed by atoms with E-state index in [2.05, 4.69) is 66.4 Å². The minimum Gasteiger partial charge on any atom is -0.356 e. The van der Waals surface area contributed by atoms with Gasteiger partial charge in [0.1, 0.15) is 6.17 Å². The molecule has 1 aliphatic heterocycles. The van der Waals surface area contributed by atoms with Gasteiger partial charge in [-0.3, -0.25) is 0 Å². The third-order valence-electron chi connectivity index (χ3n) is 8.51. The SMILES string of the molecule is CCCCCCCCCCCCCCCCC1N(CCCCCCCCCC)C=CN1Cc1ccccc1. The van der Waals surface area contributed by atoms with Crippen LogP contribution in [0.4, 0.5) is 0 Å². The molecule has 2 nitrogen and oxygen atoms in total. The minimum absolute atomic E-state index is 0.553. The van der Waals surface area contributed by atoms with Gasteiger partial charge in [-0.15, -0.1) is 0 Å². The van der Waals surface area contributed by atoms with Crippen molar-refractivity contribution in [3.05, 3.63) is 48.3 Å². The maximum Gasteiger partial charge on any atom is 0.101 e. The summed E-state index contributed by atoms with van der Waals surface area (Å²) in [5, 5.41) is 0. The monoisotopic (exact) mass is 525 g/mol. The third-order valence-corrected chi connectivity index (χ3v) is 8.51. The number of rotatable bonds is 26. The highest BCUT2D eigenvalue weighted by atomic mass is 15.4. The molecular weight excluding hydrogens is 460 g/mol. The fourth-order valence-electron chi connectivity index (χ4n) is 6.02. The van der Waals surface area contributed by atoms with Crippen molar-refractivity contribution in [2.45, 2.75) is 174 Å². The van der Waals surface area contributed by atoms with Gasteiger partial charge in [0.05, 0.1) is 0 Å². The Morgan fingerprint density at radius 1 is 0.474 bits per heavy atom. The van der Waals surface area contributed by atoms with Gasteiger partial charge >= 0.3 is 0 Å². The van der Waals surface area contributed by atoms with Crippen LogP contribution in [-0.4, -0.2) is 22.5 Å². The van der Waals surface area contributed by atoms with Gasteiger partial charge in [-0.1, -0.05) is 173 Å². The van der Waals surface area contributed by atoms with Crippen molar-refractivity contribution in [3.63, 3.8) is 0 Å². The Hall–Kier alpha value is -1.44. The lowest BCUT2D eigenvalue weighted by atomic mass is 10.0. The largest absolute Gasteiger partial charge is 0.356 e. The number of hydrogen-bond donors (Lipinski definition) is 0. The molecule has 0 aliphatic carbocycles. The van der Waals surface area contributed by atoms with Crippen LogP contribution in [0.1, 0.15) is 167 Å². The van der Waals surface area contributed by atoms with Crippen molar-refractivity contribution in [2.24, 2.45) is 0 Å². The van der Waals surface area contributed by atoms with E-state index in [1.165, 1.54) is 160 Å². The molecule has 1 atom stereocenters. The molecule has 0 aromatic heterocycles. The predicted molar refractivity (Wildman–Crippen MR) is 169 cm³/mol. The summed E-state index contributed by atoms with van der Waals surface area (Å²) in [5.74, 6) is 0. The minimum atomic E-state index is 0.553. The average Bonchev–Trinajstić information content (AvgIpc) is 3.31. The van der Waals surface area contributed by atoms with E-state index in [9.17, 15) is 0 Å². The summed E-state index contributed by atoms with van der Waals surface area (Å²) >= 11 is 0. The second-order valence-corrected chi connectivity index (χ2v) is 12.0. The summed E-state index contributed by atoms with van der Waals surface area (Å²) in [6, 6.07) is 11.0. The Morgan fingerprint density at radius 2 is 0.895 bits per heavy atom. The smallest absolute Gasteiger partial charge is 0.101 e. The fraction of sp³-hybridized carbons (Fsp3) is 0.778. The van der Waals surface area contributed by atoms with E-state index in [4.69, 9.17) is 0 Å². The molecule has 218 valence electrons. The van der Waals surface area contributed by atoms with Crippen molar-refractivity contribution in [1.29, 1.82) is 0 Å². The average molecular weight is 525 g/mol. The Bertz CT molecular complexity index is 655. The summed E-state index contributed by atoms with van der Waals surface area (Å²) in [5.41, 5.74) is 1.43. The number of nitrogens with zero attached hydrogens (tertiary/aromatic N) is 2. The first-order valence-electron chi connectivity index (χ1n) is 17.1. The van der Waals surface area contributed by atoms with E-state index in [-0.39, 0.29) is 0 Å². The van der Waals surface area contributed by atoms with Crippen LogP contribution >= 0.6 is 0 Å². The van der Waals surface area contributed by atoms with E-state index in [0.29, 0.717) is 6.17 Å². The van der Waals surface area contributed by atoms with Gasteiger partial charge < -0.3 is 9.80 Å². The summed E-state index contributed by atoms with van der Waals surface area (Å²) in [7, 11) is 0. The van der Waals surface area contributed by atoms with Crippen LogP contribution in [0.5, 0.6) is 0 Å². The Morgan fingerprint density at radius 3 is 1.39 bits per heavy atom. The van der Waals surface area contributed by atoms with Crippen molar-refractivity contribution in [2.75, 3.05) is 6.54 Å². The Labute approximate surface area is 238 Å². The lowest BCUT2D eigenvalue weighted by molar-refractivity contribution is 0.132. The molecule has 2 heteroatoms. The van der Waals surface area contributed by atoms with Gasteiger partial charge in [-0.05, 0) is 24.8 Å². The molecule has 0 fully saturated rings. The van der Waals surface area contributed by atoms with Gasteiger partial charge in [0.25, 0.3) is 0 Å². The lowest BCUT2D eigenvalue weighted by Gasteiger charge is -2.33. The van der Waals surface area contributed by atoms with Crippen molar-refractivity contribution in [3.8, 4) is 0 Å². The van der Waals surface area contributed by atoms with Crippen LogP contribution in [-0.2, 0) is 6.54 Å². The number of unbranched alkanes of at least 4 members (excludes halogenated alkanes) is 20. The maximum absolute atomic E-state index is 2.66. The molecule has 1 aliphatic rings. The van der Waals surface area contributed by atoms with Crippen LogP contribution < -0.4 is 0 Å². The molecule has 2 rings (SSSR count).